The molecule has 6 aromatic rings. The molecule has 0 bridgehead atoms. The summed E-state index contributed by atoms with van der Waals surface area (Å²) in [5.41, 5.74) is 5.65. The number of aromatic nitrogens is 4. The number of quaternary nitrogens is 1. The van der Waals surface area contributed by atoms with E-state index in [2.05, 4.69) is 140 Å². The first-order chi connectivity index (χ1) is 28.1. The Hall–Kier alpha value is -2.90. The van der Waals surface area contributed by atoms with E-state index in [9.17, 15) is 0 Å². The smallest absolute Gasteiger partial charge is 0.181 e. The Labute approximate surface area is 366 Å². The lowest BCUT2D eigenvalue weighted by atomic mass is 10.1. The molecule has 2 aliphatic heterocycles. The quantitative estimate of drug-likeness (QED) is 0.0327. The second kappa shape index (κ2) is 19.9. The molecule has 4 aromatic carbocycles. The topological polar surface area (TPSA) is 19.7 Å². The predicted molar refractivity (Wildman–Crippen MR) is 248 cm³/mol. The average Bonchev–Trinajstić information content (AvgIpc) is 3.93. The van der Waals surface area contributed by atoms with Gasteiger partial charge in [0.15, 0.2) is 77.4 Å². The highest BCUT2D eigenvalue weighted by Crippen LogP contribution is 2.71. The van der Waals surface area contributed by atoms with Gasteiger partial charge in [0.1, 0.15) is 0 Å². The third kappa shape index (κ3) is 10.1. The molecule has 0 N–H and O–H groups in total. The number of nitrogens with zero attached hydrogens (tertiary/aromatic N) is 5. The molecule has 11 heteroatoms. The standard InChI is InChI=1S/C46H52N5S6/c52-45-47(33-17-13-29-37-21-5-1-6-22-37)41-42(48(45)34-18-14-30-38-23-7-2-8-24-38)55-51(54-41)56-43-44(57-51)50(36-20-16-32-40-27-11-4-12-28-40)46(53)49(43)35-19-15-31-39-25-9-3-10-26-39/h1-12,21-28H,13-20,29-36H2/q+1. The molecule has 0 amide bonds. The van der Waals surface area contributed by atoms with Gasteiger partial charge in [-0.3, -0.25) is 0 Å². The number of aryl methyl sites for hydroxylation is 4. The maximum absolute atomic E-state index is 6.31. The van der Waals surface area contributed by atoms with Gasteiger partial charge in [-0.15, -0.1) is 0 Å². The number of fused-ring (bicyclic) bond motifs is 2. The minimum atomic E-state index is 0.739. The first-order valence-electron chi connectivity index (χ1n) is 20.6. The molecule has 0 aliphatic carbocycles. The fourth-order valence-electron chi connectivity index (χ4n) is 7.75. The zero-order valence-corrected chi connectivity index (χ0v) is 37.4. The number of hydrogen-bond acceptors (Lipinski definition) is 6. The van der Waals surface area contributed by atoms with Gasteiger partial charge >= 0.3 is 0 Å². The van der Waals surface area contributed by atoms with Crippen molar-refractivity contribution in [2.75, 3.05) is 0 Å². The molecule has 0 unspecified atom stereocenters. The van der Waals surface area contributed by atoms with Crippen LogP contribution in [0, 0.1) is 9.54 Å². The highest BCUT2D eigenvalue weighted by atomic mass is 32.3. The van der Waals surface area contributed by atoms with Crippen LogP contribution in [-0.2, 0) is 51.9 Å². The van der Waals surface area contributed by atoms with E-state index >= 15 is 0 Å². The van der Waals surface area contributed by atoms with Crippen LogP contribution >= 0.6 is 72.2 Å². The van der Waals surface area contributed by atoms with Crippen molar-refractivity contribution in [1.82, 2.24) is 18.3 Å². The third-order valence-corrected chi connectivity index (χ3v) is 17.9. The van der Waals surface area contributed by atoms with Crippen molar-refractivity contribution < 1.29 is 2.10 Å². The molecule has 2 aromatic heterocycles. The van der Waals surface area contributed by atoms with Gasteiger partial charge in [0.2, 0.25) is 0 Å². The Morgan fingerprint density at radius 2 is 0.561 bits per heavy atom. The van der Waals surface area contributed by atoms with Gasteiger partial charge in [0, 0.05) is 26.2 Å². The van der Waals surface area contributed by atoms with E-state index in [0.717, 1.165) is 115 Å². The van der Waals surface area contributed by atoms with Gasteiger partial charge in [-0.25, -0.2) is 0 Å². The van der Waals surface area contributed by atoms with Crippen LogP contribution in [0.3, 0.4) is 0 Å². The molecule has 2 aliphatic rings. The van der Waals surface area contributed by atoms with Crippen LogP contribution in [0.5, 0.6) is 0 Å². The minimum absolute atomic E-state index is 0.739. The summed E-state index contributed by atoms with van der Waals surface area (Å²) < 4.78 is 12.6. The van der Waals surface area contributed by atoms with Gasteiger partial charge in [-0.2, -0.15) is 0 Å². The molecule has 296 valence electrons. The van der Waals surface area contributed by atoms with Crippen molar-refractivity contribution in [2.45, 2.75) is 123 Å². The molecule has 0 saturated heterocycles. The second-order valence-electron chi connectivity index (χ2n) is 15.0. The number of hydrogen-bond donors (Lipinski definition) is 0. The Morgan fingerprint density at radius 3 is 0.789 bits per heavy atom. The van der Waals surface area contributed by atoms with Gasteiger partial charge in [0.05, 0.1) is 0 Å². The van der Waals surface area contributed by atoms with E-state index in [4.69, 9.17) is 24.4 Å². The van der Waals surface area contributed by atoms with E-state index in [-0.39, 0.29) is 0 Å². The molecule has 1 spiro atoms. The molecule has 4 heterocycles. The first kappa shape index (κ1) is 40.9. The van der Waals surface area contributed by atoms with Crippen molar-refractivity contribution in [2.24, 2.45) is 0 Å². The fourth-order valence-corrected chi connectivity index (χ4v) is 15.3. The number of benzene rings is 4. The minimum Gasteiger partial charge on any atom is -0.306 e. The lowest BCUT2D eigenvalue weighted by molar-refractivity contribution is -0.268. The van der Waals surface area contributed by atoms with Crippen molar-refractivity contribution in [3.63, 3.8) is 0 Å². The lowest BCUT2D eigenvalue weighted by Gasteiger charge is -2.19. The normalized spacial score (nSPS) is 14.0. The Balaban J connectivity index is 1.00. The Kier molecular flexibility index (Phi) is 14.3. The summed E-state index contributed by atoms with van der Waals surface area (Å²) in [5.74, 6) is 0. The van der Waals surface area contributed by atoms with Crippen molar-refractivity contribution in [3.8, 4) is 0 Å². The van der Waals surface area contributed by atoms with Crippen LogP contribution in [0.1, 0.15) is 73.6 Å². The molecule has 0 saturated carbocycles. The zero-order chi connectivity index (χ0) is 38.9. The van der Waals surface area contributed by atoms with Gasteiger partial charge < -0.3 is 18.3 Å². The molecule has 8 rings (SSSR count). The van der Waals surface area contributed by atoms with Crippen LogP contribution in [0.25, 0.3) is 0 Å². The molecule has 0 atom stereocenters. The SMILES string of the molecule is S=c1n(CCCCc2ccccc2)c2c(n1CCCCc1ccccc1)S[N+]1(S2)Sc2c(n(CCCCc3ccccc3)c(=S)n2CCCCc2ccccc2)S1. The second-order valence-corrected chi connectivity index (χ2v) is 21.6. The summed E-state index contributed by atoms with van der Waals surface area (Å²) in [7, 11) is 0. The lowest BCUT2D eigenvalue weighted by Crippen LogP contribution is -2.14. The first-order valence-corrected chi connectivity index (χ1v) is 24.5. The molecule has 57 heavy (non-hydrogen) atoms. The predicted octanol–water partition coefficient (Wildman–Crippen LogP) is 14.0. The van der Waals surface area contributed by atoms with Crippen LogP contribution in [0.15, 0.2) is 141 Å². The van der Waals surface area contributed by atoms with Gasteiger partial charge in [0.25, 0.3) is 0 Å². The molecule has 0 fully saturated rings. The van der Waals surface area contributed by atoms with E-state index in [1.807, 2.05) is 47.8 Å². The summed E-state index contributed by atoms with van der Waals surface area (Å²) in [6.07, 6.45) is 13.4. The average molecular weight is 867 g/mol. The maximum atomic E-state index is 6.31. The zero-order valence-electron chi connectivity index (χ0n) is 32.5. The Morgan fingerprint density at radius 1 is 0.333 bits per heavy atom. The van der Waals surface area contributed by atoms with Crippen molar-refractivity contribution >= 4 is 72.2 Å². The maximum Gasteiger partial charge on any atom is 0.181 e. The molecule has 0 radical (unpaired) electrons. The van der Waals surface area contributed by atoms with Gasteiger partial charge in [-0.05, 0) is 124 Å². The van der Waals surface area contributed by atoms with Crippen molar-refractivity contribution in [1.29, 1.82) is 0 Å². The van der Waals surface area contributed by atoms with E-state index in [1.165, 1.54) is 42.4 Å². The highest BCUT2D eigenvalue weighted by Gasteiger charge is 2.57. The van der Waals surface area contributed by atoms with Crippen LogP contribution in [0.4, 0.5) is 0 Å². The fraction of sp³-hybridized carbons (Fsp3) is 0.348. The summed E-state index contributed by atoms with van der Waals surface area (Å²) >= 11 is 20.5. The van der Waals surface area contributed by atoms with E-state index < -0.39 is 0 Å². The summed E-state index contributed by atoms with van der Waals surface area (Å²) in [6.45, 7) is 3.80. The highest BCUT2D eigenvalue weighted by molar-refractivity contribution is 8.31. The van der Waals surface area contributed by atoms with Crippen LogP contribution in [0.2, 0.25) is 0 Å². The summed E-state index contributed by atoms with van der Waals surface area (Å²) in [4.78, 5) is 0. The largest absolute Gasteiger partial charge is 0.306 e. The third-order valence-electron chi connectivity index (χ3n) is 10.8. The molecule has 5 nitrogen and oxygen atoms in total. The van der Waals surface area contributed by atoms with Crippen molar-refractivity contribution in [3.05, 3.63) is 153 Å². The number of unbranched alkanes of at least 4 members (excludes halogenated alkanes) is 4. The molecular weight excluding hydrogens is 815 g/mol. The summed E-state index contributed by atoms with van der Waals surface area (Å²) in [5, 5.41) is 5.33. The number of imidazole rings is 2. The summed E-state index contributed by atoms with van der Waals surface area (Å²) in [6, 6.07) is 43.5. The van der Waals surface area contributed by atoms with Crippen LogP contribution < -0.4 is 0 Å². The Bertz CT molecular complexity index is 1990. The number of rotatable bonds is 20. The van der Waals surface area contributed by atoms with E-state index in [1.54, 1.807) is 0 Å². The molecular formula is C46H52N5S6+. The van der Waals surface area contributed by atoms with Gasteiger partial charge in [-0.1, -0.05) is 123 Å². The monoisotopic (exact) mass is 866 g/mol. The van der Waals surface area contributed by atoms with E-state index in [0.29, 0.717) is 0 Å². The van der Waals surface area contributed by atoms with Crippen LogP contribution in [-0.4, -0.2) is 20.4 Å².